The minimum atomic E-state index is 0.700. The van der Waals surface area contributed by atoms with Crippen molar-refractivity contribution in [3.63, 3.8) is 0 Å². The summed E-state index contributed by atoms with van der Waals surface area (Å²) in [5.74, 6) is 0.700. The minimum absolute atomic E-state index is 0.700. The number of terminal acetylenes is 1. The van der Waals surface area contributed by atoms with E-state index < -0.39 is 0 Å². The lowest BCUT2D eigenvalue weighted by atomic mass is 10.1. The van der Waals surface area contributed by atoms with Crippen LogP contribution in [0.15, 0.2) is 0 Å². The Bertz CT molecular complexity index is 80.9. The summed E-state index contributed by atoms with van der Waals surface area (Å²) in [4.78, 5) is 0. The van der Waals surface area contributed by atoms with Crippen LogP contribution in [-0.2, 0) is 0 Å². The lowest BCUT2D eigenvalue weighted by molar-refractivity contribution is 0.545. The van der Waals surface area contributed by atoms with E-state index in [0.29, 0.717) is 5.92 Å². The van der Waals surface area contributed by atoms with E-state index in [0.717, 1.165) is 6.54 Å². The molecule has 0 aromatic carbocycles. The summed E-state index contributed by atoms with van der Waals surface area (Å²) in [6.45, 7) is 5.26. The fourth-order valence-electron chi connectivity index (χ4n) is 0.377. The van der Waals surface area contributed by atoms with E-state index in [1.165, 1.54) is 6.42 Å². The van der Waals surface area contributed by atoms with Gasteiger partial charge in [-0.25, -0.2) is 0 Å². The van der Waals surface area contributed by atoms with Crippen molar-refractivity contribution in [3.8, 4) is 12.5 Å². The van der Waals surface area contributed by atoms with E-state index in [-0.39, 0.29) is 0 Å². The molecule has 0 aliphatic heterocycles. The fourth-order valence-corrected chi connectivity index (χ4v) is 0.377. The van der Waals surface area contributed by atoms with Crippen molar-refractivity contribution in [1.82, 2.24) is 5.32 Å². The molecule has 1 N–H and O–H groups in total. The summed E-state index contributed by atoms with van der Waals surface area (Å²) in [6.07, 6.45) is 6.16. The second kappa shape index (κ2) is 4.52. The average molecular weight is 111 g/mol. The maximum Gasteiger partial charge on any atom is 0.0255 e. The molecule has 1 atom stereocenters. The van der Waals surface area contributed by atoms with Crippen molar-refractivity contribution in [2.75, 3.05) is 6.54 Å². The minimum Gasteiger partial charge on any atom is -0.346 e. The first kappa shape index (κ1) is 7.36. The largest absolute Gasteiger partial charge is 0.346 e. The van der Waals surface area contributed by atoms with Crippen LogP contribution >= 0.6 is 0 Å². The highest BCUT2D eigenvalue weighted by molar-refractivity contribution is 4.80. The summed E-state index contributed by atoms with van der Waals surface area (Å²) in [5, 5.41) is 2.83. The quantitative estimate of drug-likeness (QED) is 0.426. The zero-order valence-corrected chi connectivity index (χ0v) is 5.57. The lowest BCUT2D eigenvalue weighted by Crippen LogP contribution is -2.14. The molecule has 46 valence electrons. The standard InChI is InChI=1S/C7H13N/c1-4-7(3)6-8-5-2/h2,7-8H,4,6H2,1,3H3/t7-/m0/s1. The predicted octanol–water partition coefficient (Wildman–Crippen LogP) is 1.21. The number of nitrogens with one attached hydrogen (secondary N) is 1. The van der Waals surface area contributed by atoms with Gasteiger partial charge in [0.05, 0.1) is 0 Å². The number of hydrogen-bond donors (Lipinski definition) is 1. The van der Waals surface area contributed by atoms with Gasteiger partial charge in [-0.05, 0) is 5.92 Å². The summed E-state index contributed by atoms with van der Waals surface area (Å²) >= 11 is 0. The third-order valence-corrected chi connectivity index (χ3v) is 1.25. The first-order valence-electron chi connectivity index (χ1n) is 2.99. The first-order chi connectivity index (χ1) is 3.81. The van der Waals surface area contributed by atoms with E-state index in [2.05, 4.69) is 25.2 Å². The predicted molar refractivity (Wildman–Crippen MR) is 36.3 cm³/mol. The molecule has 0 aliphatic rings. The van der Waals surface area contributed by atoms with Gasteiger partial charge < -0.3 is 5.32 Å². The van der Waals surface area contributed by atoms with Gasteiger partial charge in [0.1, 0.15) is 0 Å². The smallest absolute Gasteiger partial charge is 0.0255 e. The van der Waals surface area contributed by atoms with E-state index in [9.17, 15) is 0 Å². The molecule has 0 aromatic heterocycles. The van der Waals surface area contributed by atoms with Crippen molar-refractivity contribution in [3.05, 3.63) is 0 Å². The van der Waals surface area contributed by atoms with Crippen LogP contribution in [0.5, 0.6) is 0 Å². The highest BCUT2D eigenvalue weighted by Crippen LogP contribution is 1.95. The van der Waals surface area contributed by atoms with Crippen LogP contribution in [0.4, 0.5) is 0 Å². The van der Waals surface area contributed by atoms with Crippen LogP contribution in [0, 0.1) is 18.4 Å². The molecule has 0 fully saturated rings. The van der Waals surface area contributed by atoms with Crippen LogP contribution in [0.25, 0.3) is 0 Å². The molecule has 1 heteroatoms. The zero-order chi connectivity index (χ0) is 6.41. The van der Waals surface area contributed by atoms with Gasteiger partial charge in [-0.1, -0.05) is 26.7 Å². The molecule has 0 saturated carbocycles. The van der Waals surface area contributed by atoms with Crippen molar-refractivity contribution in [2.45, 2.75) is 20.3 Å². The third kappa shape index (κ3) is 3.55. The Balaban J connectivity index is 3.01. The summed E-state index contributed by atoms with van der Waals surface area (Å²) in [7, 11) is 0. The molecule has 0 aliphatic carbocycles. The van der Waals surface area contributed by atoms with Crippen LogP contribution in [0.2, 0.25) is 0 Å². The van der Waals surface area contributed by atoms with Gasteiger partial charge in [0, 0.05) is 12.6 Å². The van der Waals surface area contributed by atoms with Gasteiger partial charge in [-0.2, -0.15) is 0 Å². The van der Waals surface area contributed by atoms with Crippen LogP contribution < -0.4 is 5.32 Å². The van der Waals surface area contributed by atoms with Crippen LogP contribution in [0.3, 0.4) is 0 Å². The Labute approximate surface area is 51.5 Å². The Hall–Kier alpha value is -0.640. The average Bonchev–Trinajstić information content (AvgIpc) is 1.83. The Morgan fingerprint density at radius 3 is 2.75 bits per heavy atom. The molecule has 0 amide bonds. The molecule has 1 nitrogen and oxygen atoms in total. The van der Waals surface area contributed by atoms with E-state index in [4.69, 9.17) is 6.42 Å². The topological polar surface area (TPSA) is 12.0 Å². The van der Waals surface area contributed by atoms with Crippen molar-refractivity contribution >= 4 is 0 Å². The van der Waals surface area contributed by atoms with Crippen LogP contribution in [0.1, 0.15) is 20.3 Å². The van der Waals surface area contributed by atoms with Gasteiger partial charge >= 0.3 is 0 Å². The maximum absolute atomic E-state index is 4.97. The van der Waals surface area contributed by atoms with Crippen molar-refractivity contribution in [2.24, 2.45) is 5.92 Å². The Morgan fingerprint density at radius 2 is 2.38 bits per heavy atom. The Morgan fingerprint density at radius 1 is 1.75 bits per heavy atom. The van der Waals surface area contributed by atoms with Gasteiger partial charge in [0.15, 0.2) is 0 Å². The van der Waals surface area contributed by atoms with Crippen molar-refractivity contribution in [1.29, 1.82) is 0 Å². The second-order valence-electron chi connectivity index (χ2n) is 2.04. The normalized spacial score (nSPS) is 12.1. The number of hydrogen-bond acceptors (Lipinski definition) is 1. The highest BCUT2D eigenvalue weighted by Gasteiger charge is 1.93. The first-order valence-corrected chi connectivity index (χ1v) is 2.99. The molecule has 0 spiro atoms. The summed E-state index contributed by atoms with van der Waals surface area (Å²) < 4.78 is 0. The molecule has 0 bridgehead atoms. The SMILES string of the molecule is C#CNC[C@@H](C)CC. The third-order valence-electron chi connectivity index (χ3n) is 1.25. The number of rotatable bonds is 3. The van der Waals surface area contributed by atoms with Gasteiger partial charge in [0.25, 0.3) is 0 Å². The summed E-state index contributed by atoms with van der Waals surface area (Å²) in [5.41, 5.74) is 0. The second-order valence-corrected chi connectivity index (χ2v) is 2.04. The van der Waals surface area contributed by atoms with Crippen molar-refractivity contribution < 1.29 is 0 Å². The van der Waals surface area contributed by atoms with Gasteiger partial charge in [-0.15, -0.1) is 0 Å². The highest BCUT2D eigenvalue weighted by atomic mass is 14.8. The van der Waals surface area contributed by atoms with E-state index in [1.54, 1.807) is 0 Å². The maximum atomic E-state index is 4.97. The fraction of sp³-hybridized carbons (Fsp3) is 0.714. The molecule has 0 unspecified atom stereocenters. The molecule has 0 heterocycles. The Kier molecular flexibility index (Phi) is 4.16. The molecule has 0 aromatic rings. The molecule has 0 rings (SSSR count). The van der Waals surface area contributed by atoms with Gasteiger partial charge in [-0.3, -0.25) is 0 Å². The zero-order valence-electron chi connectivity index (χ0n) is 5.57. The monoisotopic (exact) mass is 111 g/mol. The van der Waals surface area contributed by atoms with E-state index >= 15 is 0 Å². The van der Waals surface area contributed by atoms with E-state index in [1.807, 2.05) is 0 Å². The lowest BCUT2D eigenvalue weighted by Gasteiger charge is -2.04. The summed E-state index contributed by atoms with van der Waals surface area (Å²) in [6, 6.07) is 2.38. The molecule has 0 radical (unpaired) electrons. The molecule has 0 saturated heterocycles. The van der Waals surface area contributed by atoms with Crippen LogP contribution in [-0.4, -0.2) is 6.54 Å². The molecular weight excluding hydrogens is 98.1 g/mol. The molecular formula is C7H13N. The molecule has 8 heavy (non-hydrogen) atoms. The van der Waals surface area contributed by atoms with Gasteiger partial charge in [0.2, 0.25) is 0 Å².